The van der Waals surface area contributed by atoms with Crippen molar-refractivity contribution in [2.45, 2.75) is 232 Å². The Morgan fingerprint density at radius 1 is 0.302 bits per heavy atom. The van der Waals surface area contributed by atoms with Gasteiger partial charge in [-0.3, -0.25) is 0 Å². The molecule has 0 nitrogen and oxygen atoms in total. The summed E-state index contributed by atoms with van der Waals surface area (Å²) < 4.78 is 0. The minimum Gasteiger partial charge on any atom is -0.0654 e. The lowest BCUT2D eigenvalue weighted by atomic mass is 10.1. The van der Waals surface area contributed by atoms with Crippen molar-refractivity contribution in [3.05, 3.63) is 30.3 Å². The summed E-state index contributed by atoms with van der Waals surface area (Å²) in [7, 11) is -1.43. The van der Waals surface area contributed by atoms with Gasteiger partial charge in [0.15, 0.2) is 0 Å². The summed E-state index contributed by atoms with van der Waals surface area (Å²) in [6.07, 6.45) is 43.8. The van der Waals surface area contributed by atoms with Crippen LogP contribution in [0.25, 0.3) is 0 Å². The highest BCUT2D eigenvalue weighted by Crippen LogP contribution is 2.30. The first kappa shape index (κ1) is 40.5. The van der Waals surface area contributed by atoms with Crippen LogP contribution in [0.4, 0.5) is 0 Å². The van der Waals surface area contributed by atoms with E-state index in [4.69, 9.17) is 0 Å². The summed E-state index contributed by atoms with van der Waals surface area (Å²) in [5, 5.41) is 1.80. The van der Waals surface area contributed by atoms with Crippen molar-refractivity contribution in [1.29, 1.82) is 0 Å². The standard InChI is InChI=1S/C42H80Si/c1-4-7-10-13-16-18-20-22-24-26-29-35-40-43(42-37-32-31-33-38-42,39-34-28-15-12-9-6-3)41-36-30-27-25-23-21-19-17-14-11-8-5-2/h31-33,37-38H,4-30,34-36,39-41H2,1-3H3. The lowest BCUT2D eigenvalue weighted by Gasteiger charge is -2.33. The second-order valence-electron chi connectivity index (χ2n) is 14.4. The highest BCUT2D eigenvalue weighted by Gasteiger charge is 2.33. The van der Waals surface area contributed by atoms with E-state index in [1.807, 2.05) is 0 Å². The van der Waals surface area contributed by atoms with Crippen molar-refractivity contribution >= 4 is 13.3 Å². The van der Waals surface area contributed by atoms with E-state index in [0.29, 0.717) is 0 Å². The minimum atomic E-state index is -1.43. The molecule has 0 aromatic heterocycles. The van der Waals surface area contributed by atoms with Gasteiger partial charge in [0.25, 0.3) is 0 Å². The van der Waals surface area contributed by atoms with Crippen LogP contribution >= 0.6 is 0 Å². The van der Waals surface area contributed by atoms with Crippen LogP contribution in [0.3, 0.4) is 0 Å². The number of rotatable bonds is 34. The molecule has 0 saturated carbocycles. The molecule has 43 heavy (non-hydrogen) atoms. The number of hydrogen-bond acceptors (Lipinski definition) is 0. The molecule has 252 valence electrons. The molecule has 0 aliphatic heterocycles. The summed E-state index contributed by atoms with van der Waals surface area (Å²) >= 11 is 0. The largest absolute Gasteiger partial charge is 0.0867 e. The Morgan fingerprint density at radius 2 is 0.535 bits per heavy atom. The summed E-state index contributed by atoms with van der Waals surface area (Å²) in [6, 6.07) is 16.7. The lowest BCUT2D eigenvalue weighted by Crippen LogP contribution is -2.47. The Kier molecular flexibility index (Phi) is 29.6. The fraction of sp³-hybridized carbons (Fsp3) is 0.857. The molecular weight excluding hydrogens is 533 g/mol. The van der Waals surface area contributed by atoms with Crippen LogP contribution < -0.4 is 5.19 Å². The van der Waals surface area contributed by atoms with Crippen molar-refractivity contribution in [3.63, 3.8) is 0 Å². The van der Waals surface area contributed by atoms with Gasteiger partial charge in [-0.1, -0.05) is 267 Å². The Bertz CT molecular complexity index is 624. The molecule has 0 aliphatic carbocycles. The SMILES string of the molecule is CCCCCCCCCCCCCC[Si](CCCCCCCC)(CCCCCCCCCCCCCC)c1ccccc1. The zero-order valence-corrected chi connectivity index (χ0v) is 31.2. The van der Waals surface area contributed by atoms with E-state index in [1.165, 1.54) is 193 Å². The zero-order chi connectivity index (χ0) is 30.9. The summed E-state index contributed by atoms with van der Waals surface area (Å²) in [6.45, 7) is 6.98. The van der Waals surface area contributed by atoms with E-state index < -0.39 is 8.07 Å². The molecule has 0 bridgehead atoms. The maximum atomic E-state index is 2.55. The van der Waals surface area contributed by atoms with Gasteiger partial charge in [-0.05, 0) is 0 Å². The van der Waals surface area contributed by atoms with Gasteiger partial charge >= 0.3 is 0 Å². The maximum absolute atomic E-state index is 2.55. The van der Waals surface area contributed by atoms with Crippen LogP contribution in [-0.2, 0) is 0 Å². The van der Waals surface area contributed by atoms with E-state index in [-0.39, 0.29) is 0 Å². The molecule has 0 fully saturated rings. The zero-order valence-electron chi connectivity index (χ0n) is 30.2. The molecule has 0 unspecified atom stereocenters. The molecular formula is C42H80Si. The Balaban J connectivity index is 2.48. The van der Waals surface area contributed by atoms with Gasteiger partial charge in [-0.15, -0.1) is 0 Å². The van der Waals surface area contributed by atoms with Gasteiger partial charge < -0.3 is 0 Å². The van der Waals surface area contributed by atoms with Crippen LogP contribution in [0, 0.1) is 0 Å². The van der Waals surface area contributed by atoms with E-state index >= 15 is 0 Å². The predicted molar refractivity (Wildman–Crippen MR) is 202 cm³/mol. The van der Waals surface area contributed by atoms with Gasteiger partial charge in [-0.2, -0.15) is 0 Å². The van der Waals surface area contributed by atoms with Crippen molar-refractivity contribution in [3.8, 4) is 0 Å². The predicted octanol–water partition coefficient (Wildman–Crippen LogP) is 15.1. The van der Waals surface area contributed by atoms with Crippen LogP contribution in [0.1, 0.15) is 213 Å². The van der Waals surface area contributed by atoms with E-state index in [9.17, 15) is 0 Å². The second kappa shape index (κ2) is 31.4. The molecule has 1 rings (SSSR count). The Morgan fingerprint density at radius 3 is 0.791 bits per heavy atom. The molecule has 0 N–H and O–H groups in total. The maximum Gasteiger partial charge on any atom is 0.0867 e. The van der Waals surface area contributed by atoms with Crippen molar-refractivity contribution in [1.82, 2.24) is 0 Å². The van der Waals surface area contributed by atoms with E-state index in [2.05, 4.69) is 51.1 Å². The molecule has 1 heteroatoms. The quantitative estimate of drug-likeness (QED) is 0.0536. The van der Waals surface area contributed by atoms with Crippen LogP contribution in [-0.4, -0.2) is 8.07 Å². The monoisotopic (exact) mass is 613 g/mol. The second-order valence-corrected chi connectivity index (χ2v) is 19.1. The van der Waals surface area contributed by atoms with Gasteiger partial charge in [-0.25, -0.2) is 0 Å². The summed E-state index contributed by atoms with van der Waals surface area (Å²) in [5.41, 5.74) is 0. The molecule has 1 aromatic carbocycles. The third-order valence-electron chi connectivity index (χ3n) is 10.4. The van der Waals surface area contributed by atoms with Crippen molar-refractivity contribution in [2.75, 3.05) is 0 Å². The topological polar surface area (TPSA) is 0 Å². The summed E-state index contributed by atoms with van der Waals surface area (Å²) in [4.78, 5) is 0. The molecule has 0 heterocycles. The van der Waals surface area contributed by atoms with Crippen LogP contribution in [0.2, 0.25) is 18.1 Å². The number of hydrogen-bond donors (Lipinski definition) is 0. The smallest absolute Gasteiger partial charge is 0.0654 e. The van der Waals surface area contributed by atoms with Crippen molar-refractivity contribution < 1.29 is 0 Å². The van der Waals surface area contributed by atoms with E-state index in [0.717, 1.165) is 0 Å². The Hall–Kier alpha value is -0.563. The molecule has 0 spiro atoms. The lowest BCUT2D eigenvalue weighted by molar-refractivity contribution is 0.545. The minimum absolute atomic E-state index is 1.36. The van der Waals surface area contributed by atoms with Crippen LogP contribution in [0.15, 0.2) is 30.3 Å². The van der Waals surface area contributed by atoms with Gasteiger partial charge in [0.05, 0.1) is 8.07 Å². The Labute approximate surface area is 274 Å². The molecule has 0 atom stereocenters. The molecule has 1 aromatic rings. The molecule has 0 aliphatic rings. The average Bonchev–Trinajstić information content (AvgIpc) is 3.03. The highest BCUT2D eigenvalue weighted by atomic mass is 28.3. The van der Waals surface area contributed by atoms with Gasteiger partial charge in [0, 0.05) is 0 Å². The summed E-state index contributed by atoms with van der Waals surface area (Å²) in [5.74, 6) is 0. The normalized spacial score (nSPS) is 11.9. The average molecular weight is 613 g/mol. The first-order valence-electron chi connectivity index (χ1n) is 20.3. The van der Waals surface area contributed by atoms with E-state index in [1.54, 1.807) is 23.3 Å². The fourth-order valence-electron chi connectivity index (χ4n) is 7.45. The molecule has 0 amide bonds. The van der Waals surface area contributed by atoms with Crippen LogP contribution in [0.5, 0.6) is 0 Å². The molecule has 0 radical (unpaired) electrons. The molecule has 0 saturated heterocycles. The first-order chi connectivity index (χ1) is 21.3. The number of unbranched alkanes of at least 4 members (excludes halogenated alkanes) is 27. The van der Waals surface area contributed by atoms with Gasteiger partial charge in [0.1, 0.15) is 0 Å². The third-order valence-corrected chi connectivity index (χ3v) is 15.9. The highest BCUT2D eigenvalue weighted by molar-refractivity contribution is 6.91. The third kappa shape index (κ3) is 23.4. The first-order valence-corrected chi connectivity index (χ1v) is 23.0. The number of benzene rings is 1. The van der Waals surface area contributed by atoms with Crippen molar-refractivity contribution in [2.24, 2.45) is 0 Å². The fourth-order valence-corrected chi connectivity index (χ4v) is 12.7. The van der Waals surface area contributed by atoms with Gasteiger partial charge in [0.2, 0.25) is 0 Å².